The summed E-state index contributed by atoms with van der Waals surface area (Å²) in [6.45, 7) is 6.86. The minimum atomic E-state index is -0.564. The van der Waals surface area contributed by atoms with Gasteiger partial charge < -0.3 is 15.0 Å². The van der Waals surface area contributed by atoms with Crippen molar-refractivity contribution in [3.05, 3.63) is 29.8 Å². The molecule has 0 radical (unpaired) electrons. The van der Waals surface area contributed by atoms with E-state index in [9.17, 15) is 14.4 Å². The summed E-state index contributed by atoms with van der Waals surface area (Å²) in [5.41, 5.74) is -0.0111. The zero-order chi connectivity index (χ0) is 19.2. The molecule has 2 amide bonds. The Labute approximate surface area is 158 Å². The molecule has 0 atom stereocenters. The molecule has 2 rings (SSSR count). The fraction of sp³-hybridized carbons (Fsp3) is 0.526. The minimum absolute atomic E-state index is 0.0835. The Morgan fingerprint density at radius 3 is 2.46 bits per heavy atom. The average Bonchev–Trinajstić information content (AvgIpc) is 3.11. The number of amides is 2. The van der Waals surface area contributed by atoms with Crippen LogP contribution in [0.4, 0.5) is 0 Å². The van der Waals surface area contributed by atoms with Crippen LogP contribution in [0.1, 0.15) is 44.0 Å². The van der Waals surface area contributed by atoms with Crippen molar-refractivity contribution in [2.45, 2.75) is 44.0 Å². The van der Waals surface area contributed by atoms with Gasteiger partial charge >= 0.3 is 5.97 Å². The Balaban J connectivity index is 1.91. The molecule has 7 heteroatoms. The largest absolute Gasteiger partial charge is 0.452 e. The van der Waals surface area contributed by atoms with Crippen molar-refractivity contribution in [3.63, 3.8) is 0 Å². The molecule has 1 N–H and O–H groups in total. The minimum Gasteiger partial charge on any atom is -0.452 e. The fourth-order valence-electron chi connectivity index (χ4n) is 2.62. The van der Waals surface area contributed by atoms with E-state index < -0.39 is 5.97 Å². The molecule has 0 aromatic heterocycles. The standard InChI is InChI=1S/C19H26N2O4S/c1-19(2,3)20-16(22)12-25-18(24)14-8-4-5-9-15(14)26-13-17(23)21-10-6-7-11-21/h4-5,8-9H,6-7,10-13H2,1-3H3,(H,20,22). The third kappa shape index (κ3) is 6.37. The third-order valence-electron chi connectivity index (χ3n) is 3.77. The van der Waals surface area contributed by atoms with Gasteiger partial charge in [-0.1, -0.05) is 12.1 Å². The maximum absolute atomic E-state index is 12.3. The highest BCUT2D eigenvalue weighted by Crippen LogP contribution is 2.24. The molecule has 26 heavy (non-hydrogen) atoms. The van der Waals surface area contributed by atoms with Gasteiger partial charge in [-0.25, -0.2) is 4.79 Å². The second-order valence-electron chi connectivity index (χ2n) is 7.25. The Morgan fingerprint density at radius 1 is 1.15 bits per heavy atom. The fourth-order valence-corrected chi connectivity index (χ4v) is 3.56. The van der Waals surface area contributed by atoms with Gasteiger partial charge in [-0.05, 0) is 45.7 Å². The number of carbonyl (C=O) groups is 3. The van der Waals surface area contributed by atoms with Crippen LogP contribution in [0.15, 0.2) is 29.2 Å². The SMILES string of the molecule is CC(C)(C)NC(=O)COC(=O)c1ccccc1SCC(=O)N1CCCC1. The normalized spacial score (nSPS) is 14.2. The molecule has 1 fully saturated rings. The van der Waals surface area contributed by atoms with Crippen molar-refractivity contribution in [1.29, 1.82) is 0 Å². The molecule has 1 aromatic carbocycles. The van der Waals surface area contributed by atoms with E-state index in [0.29, 0.717) is 10.5 Å². The lowest BCUT2D eigenvalue weighted by Gasteiger charge is -2.20. The summed E-state index contributed by atoms with van der Waals surface area (Å²) in [6.07, 6.45) is 2.10. The van der Waals surface area contributed by atoms with Crippen LogP contribution in [-0.4, -0.2) is 53.7 Å². The molecule has 1 aromatic rings. The second kappa shape index (κ2) is 9.07. The van der Waals surface area contributed by atoms with Crippen molar-refractivity contribution < 1.29 is 19.1 Å². The summed E-state index contributed by atoms with van der Waals surface area (Å²) >= 11 is 1.32. The van der Waals surface area contributed by atoms with Gasteiger partial charge in [-0.2, -0.15) is 0 Å². The van der Waals surface area contributed by atoms with E-state index in [0.717, 1.165) is 25.9 Å². The lowest BCUT2D eigenvalue weighted by Crippen LogP contribution is -2.42. The van der Waals surface area contributed by atoms with Gasteiger partial charge in [-0.15, -0.1) is 11.8 Å². The molecule has 0 aliphatic carbocycles. The highest BCUT2D eigenvalue weighted by molar-refractivity contribution is 8.00. The van der Waals surface area contributed by atoms with E-state index in [-0.39, 0.29) is 29.7 Å². The van der Waals surface area contributed by atoms with Crippen molar-refractivity contribution >= 4 is 29.5 Å². The molecule has 6 nitrogen and oxygen atoms in total. The van der Waals surface area contributed by atoms with E-state index in [1.807, 2.05) is 31.7 Å². The Bertz CT molecular complexity index is 664. The quantitative estimate of drug-likeness (QED) is 0.608. The predicted octanol–water partition coefficient (Wildman–Crippen LogP) is 2.47. The number of rotatable bonds is 6. The lowest BCUT2D eigenvalue weighted by molar-refractivity contribution is -0.127. The van der Waals surface area contributed by atoms with Gasteiger partial charge in [0.25, 0.3) is 5.91 Å². The molecule has 0 spiro atoms. The topological polar surface area (TPSA) is 75.7 Å². The molecule has 1 aliphatic heterocycles. The number of benzene rings is 1. The maximum atomic E-state index is 12.3. The first-order chi connectivity index (χ1) is 12.3. The van der Waals surface area contributed by atoms with Crippen molar-refractivity contribution in [3.8, 4) is 0 Å². The molecular weight excluding hydrogens is 352 g/mol. The summed E-state index contributed by atoms with van der Waals surface area (Å²) in [7, 11) is 0. The van der Waals surface area contributed by atoms with Crippen LogP contribution in [0.3, 0.4) is 0 Å². The first-order valence-electron chi connectivity index (χ1n) is 8.74. The molecule has 0 saturated carbocycles. The maximum Gasteiger partial charge on any atom is 0.339 e. The number of ether oxygens (including phenoxy) is 1. The van der Waals surface area contributed by atoms with Crippen LogP contribution < -0.4 is 5.32 Å². The Kier molecular flexibility index (Phi) is 7.08. The van der Waals surface area contributed by atoms with E-state index in [1.54, 1.807) is 18.2 Å². The Morgan fingerprint density at radius 2 is 1.81 bits per heavy atom. The van der Waals surface area contributed by atoms with E-state index in [1.165, 1.54) is 11.8 Å². The smallest absolute Gasteiger partial charge is 0.339 e. The molecular formula is C19H26N2O4S. The van der Waals surface area contributed by atoms with Crippen LogP contribution in [-0.2, 0) is 14.3 Å². The molecule has 1 saturated heterocycles. The molecule has 1 heterocycles. The van der Waals surface area contributed by atoms with Gasteiger partial charge in [-0.3, -0.25) is 9.59 Å². The number of thioether (sulfide) groups is 1. The lowest BCUT2D eigenvalue weighted by atomic mass is 10.1. The van der Waals surface area contributed by atoms with Crippen molar-refractivity contribution in [1.82, 2.24) is 10.2 Å². The number of nitrogens with zero attached hydrogens (tertiary/aromatic N) is 1. The first-order valence-corrected chi connectivity index (χ1v) is 9.72. The third-order valence-corrected chi connectivity index (χ3v) is 4.82. The van der Waals surface area contributed by atoms with E-state index in [4.69, 9.17) is 4.74 Å². The van der Waals surface area contributed by atoms with Crippen molar-refractivity contribution in [2.75, 3.05) is 25.4 Å². The molecule has 1 aliphatic rings. The van der Waals surface area contributed by atoms with Crippen LogP contribution in [0.5, 0.6) is 0 Å². The summed E-state index contributed by atoms with van der Waals surface area (Å²) < 4.78 is 5.12. The number of nitrogens with one attached hydrogen (secondary N) is 1. The monoisotopic (exact) mass is 378 g/mol. The molecule has 0 unspecified atom stereocenters. The van der Waals surface area contributed by atoms with Crippen LogP contribution in [0.25, 0.3) is 0 Å². The Hall–Kier alpha value is -2.02. The number of hydrogen-bond acceptors (Lipinski definition) is 5. The zero-order valence-corrected chi connectivity index (χ0v) is 16.4. The molecule has 142 valence electrons. The van der Waals surface area contributed by atoms with Crippen LogP contribution in [0.2, 0.25) is 0 Å². The molecule has 0 bridgehead atoms. The first kappa shape index (κ1) is 20.3. The second-order valence-corrected chi connectivity index (χ2v) is 8.26. The number of esters is 1. The zero-order valence-electron chi connectivity index (χ0n) is 15.5. The highest BCUT2D eigenvalue weighted by atomic mass is 32.2. The van der Waals surface area contributed by atoms with Gasteiger partial charge in [0, 0.05) is 23.5 Å². The van der Waals surface area contributed by atoms with Gasteiger partial charge in [0.2, 0.25) is 5.91 Å². The number of carbonyl (C=O) groups excluding carboxylic acids is 3. The average molecular weight is 378 g/mol. The van der Waals surface area contributed by atoms with Gasteiger partial charge in [0.15, 0.2) is 6.61 Å². The number of hydrogen-bond donors (Lipinski definition) is 1. The van der Waals surface area contributed by atoms with Gasteiger partial charge in [0.05, 0.1) is 11.3 Å². The summed E-state index contributed by atoms with van der Waals surface area (Å²) in [6, 6.07) is 6.98. The van der Waals surface area contributed by atoms with E-state index in [2.05, 4.69) is 5.32 Å². The van der Waals surface area contributed by atoms with Gasteiger partial charge in [0.1, 0.15) is 0 Å². The van der Waals surface area contributed by atoms with E-state index >= 15 is 0 Å². The highest BCUT2D eigenvalue weighted by Gasteiger charge is 2.20. The predicted molar refractivity (Wildman–Crippen MR) is 101 cm³/mol. The summed E-state index contributed by atoms with van der Waals surface area (Å²) in [5.74, 6) is -0.541. The van der Waals surface area contributed by atoms with Crippen LogP contribution >= 0.6 is 11.8 Å². The van der Waals surface area contributed by atoms with Crippen LogP contribution in [0, 0.1) is 0 Å². The summed E-state index contributed by atoms with van der Waals surface area (Å²) in [4.78, 5) is 38.8. The number of likely N-dealkylation sites (tertiary alicyclic amines) is 1. The summed E-state index contributed by atoms with van der Waals surface area (Å²) in [5, 5.41) is 2.74. The van der Waals surface area contributed by atoms with Crippen molar-refractivity contribution in [2.24, 2.45) is 0 Å².